The van der Waals surface area contributed by atoms with Crippen molar-refractivity contribution in [2.45, 2.75) is 0 Å². The molecule has 1 amide bonds. The fourth-order valence-electron chi connectivity index (χ4n) is 2.68. The van der Waals surface area contributed by atoms with E-state index in [0.29, 0.717) is 42.2 Å². The van der Waals surface area contributed by atoms with Crippen LogP contribution in [0.3, 0.4) is 0 Å². The predicted molar refractivity (Wildman–Crippen MR) is 106 cm³/mol. The third-order valence-corrected chi connectivity index (χ3v) is 5.12. The summed E-state index contributed by atoms with van der Waals surface area (Å²) in [6.45, 7) is 2.35. The van der Waals surface area contributed by atoms with Gasteiger partial charge in [0.15, 0.2) is 0 Å². The molecule has 1 aliphatic rings. The number of nitro groups is 1. The zero-order valence-corrected chi connectivity index (χ0v) is 16.7. The molecule has 0 aliphatic carbocycles. The van der Waals surface area contributed by atoms with Gasteiger partial charge in [0.25, 0.3) is 11.6 Å². The minimum absolute atomic E-state index is 0.123. The van der Waals surface area contributed by atoms with E-state index in [-0.39, 0.29) is 11.3 Å². The topological polar surface area (TPSA) is 84.7 Å². The second-order valence-electron chi connectivity index (χ2n) is 5.64. The molecule has 1 N–H and O–H groups in total. The molecule has 0 saturated carbocycles. The number of non-ortho nitro benzene ring substituents is 1. The van der Waals surface area contributed by atoms with Crippen LogP contribution in [0.1, 0.15) is 10.4 Å². The van der Waals surface area contributed by atoms with Gasteiger partial charge in [0.1, 0.15) is 0 Å². The molecule has 1 aliphatic heterocycles. The molecule has 9 heteroatoms. The van der Waals surface area contributed by atoms with Crippen LogP contribution in [0.2, 0.25) is 0 Å². The molecule has 1 heterocycles. The second kappa shape index (κ2) is 8.15. The van der Waals surface area contributed by atoms with Crippen molar-refractivity contribution in [1.82, 2.24) is 0 Å². The molecule has 0 atom stereocenters. The highest BCUT2D eigenvalue weighted by atomic mass is 79.9. The van der Waals surface area contributed by atoms with Crippen LogP contribution >= 0.6 is 31.9 Å². The van der Waals surface area contributed by atoms with Gasteiger partial charge in [-0.15, -0.1) is 0 Å². The van der Waals surface area contributed by atoms with Crippen LogP contribution in [-0.4, -0.2) is 37.1 Å². The lowest BCUT2D eigenvalue weighted by Gasteiger charge is -2.30. The number of morpholine rings is 1. The maximum atomic E-state index is 12.9. The van der Waals surface area contributed by atoms with Gasteiger partial charge in [-0.1, -0.05) is 15.9 Å². The van der Waals surface area contributed by atoms with Crippen LogP contribution < -0.4 is 10.2 Å². The average molecular weight is 485 g/mol. The Balaban J connectivity index is 1.95. The molecular formula is C17H15Br2N3O4. The van der Waals surface area contributed by atoms with E-state index < -0.39 is 10.8 Å². The zero-order valence-electron chi connectivity index (χ0n) is 13.6. The van der Waals surface area contributed by atoms with E-state index in [2.05, 4.69) is 37.2 Å². The van der Waals surface area contributed by atoms with Crippen molar-refractivity contribution in [3.8, 4) is 0 Å². The molecule has 2 aromatic rings. The van der Waals surface area contributed by atoms with Gasteiger partial charge in [0.2, 0.25) is 0 Å². The maximum Gasteiger partial charge on any atom is 0.270 e. The van der Waals surface area contributed by atoms with E-state index in [1.54, 1.807) is 18.2 Å². The Morgan fingerprint density at radius 2 is 1.88 bits per heavy atom. The molecule has 0 spiro atoms. The normalized spacial score (nSPS) is 14.2. The summed E-state index contributed by atoms with van der Waals surface area (Å²) in [6.07, 6.45) is 0. The number of benzene rings is 2. The van der Waals surface area contributed by atoms with Crippen LogP contribution in [0.4, 0.5) is 17.1 Å². The number of rotatable bonds is 4. The van der Waals surface area contributed by atoms with Crippen LogP contribution in [0, 0.1) is 10.1 Å². The molecular weight excluding hydrogens is 470 g/mol. The Bertz CT molecular complexity index is 854. The molecule has 7 nitrogen and oxygen atoms in total. The Morgan fingerprint density at radius 1 is 1.15 bits per heavy atom. The van der Waals surface area contributed by atoms with E-state index in [9.17, 15) is 14.9 Å². The smallest absolute Gasteiger partial charge is 0.270 e. The molecule has 2 aromatic carbocycles. The van der Waals surface area contributed by atoms with E-state index in [1.807, 2.05) is 11.0 Å². The largest absolute Gasteiger partial charge is 0.378 e. The first-order valence-electron chi connectivity index (χ1n) is 7.83. The number of anilines is 2. The zero-order chi connectivity index (χ0) is 18.7. The summed E-state index contributed by atoms with van der Waals surface area (Å²) >= 11 is 6.76. The van der Waals surface area contributed by atoms with Crippen LogP contribution in [0.25, 0.3) is 0 Å². The first-order chi connectivity index (χ1) is 12.5. The third-order valence-electron chi connectivity index (χ3n) is 3.97. The van der Waals surface area contributed by atoms with Crippen molar-refractivity contribution in [2.75, 3.05) is 36.5 Å². The van der Waals surface area contributed by atoms with Gasteiger partial charge in [0.05, 0.1) is 35.1 Å². The first kappa shape index (κ1) is 18.8. The summed E-state index contributed by atoms with van der Waals surface area (Å²) in [5.74, 6) is -0.404. The fraction of sp³-hybridized carbons (Fsp3) is 0.235. The second-order valence-corrected chi connectivity index (χ2v) is 7.41. The molecule has 3 rings (SSSR count). The highest BCUT2D eigenvalue weighted by molar-refractivity contribution is 9.11. The lowest BCUT2D eigenvalue weighted by Crippen LogP contribution is -2.37. The van der Waals surface area contributed by atoms with E-state index in [1.165, 1.54) is 12.1 Å². The number of nitro benzene ring substituents is 1. The number of hydrogen-bond acceptors (Lipinski definition) is 5. The molecule has 0 unspecified atom stereocenters. The van der Waals surface area contributed by atoms with Gasteiger partial charge in [-0.3, -0.25) is 14.9 Å². The minimum atomic E-state index is -0.505. The lowest BCUT2D eigenvalue weighted by atomic mass is 10.1. The predicted octanol–water partition coefficient (Wildman–Crippen LogP) is 4.21. The number of hydrogen-bond donors (Lipinski definition) is 1. The number of ether oxygens (including phenoxy) is 1. The number of carbonyl (C=O) groups excluding carboxylic acids is 1. The fourth-order valence-corrected chi connectivity index (χ4v) is 3.83. The lowest BCUT2D eigenvalue weighted by molar-refractivity contribution is -0.384. The third kappa shape index (κ3) is 4.22. The molecule has 1 fully saturated rings. The summed E-state index contributed by atoms with van der Waals surface area (Å²) in [6, 6.07) is 9.71. The quantitative estimate of drug-likeness (QED) is 0.519. The van der Waals surface area contributed by atoms with Crippen molar-refractivity contribution in [1.29, 1.82) is 0 Å². The molecule has 0 aromatic heterocycles. The summed E-state index contributed by atoms with van der Waals surface area (Å²) < 4.78 is 6.92. The summed E-state index contributed by atoms with van der Waals surface area (Å²) in [5.41, 5.74) is 1.38. The van der Waals surface area contributed by atoms with Gasteiger partial charge < -0.3 is 15.0 Å². The molecule has 1 saturated heterocycles. The van der Waals surface area contributed by atoms with Crippen molar-refractivity contribution < 1.29 is 14.5 Å². The Labute approximate surface area is 166 Å². The number of amides is 1. The average Bonchev–Trinajstić information content (AvgIpc) is 2.64. The van der Waals surface area contributed by atoms with E-state index >= 15 is 0 Å². The number of carbonyl (C=O) groups is 1. The van der Waals surface area contributed by atoms with Gasteiger partial charge in [-0.25, -0.2) is 0 Å². The monoisotopic (exact) mass is 483 g/mol. The summed E-state index contributed by atoms with van der Waals surface area (Å²) in [7, 11) is 0. The number of nitrogens with one attached hydrogen (secondary N) is 1. The molecule has 26 heavy (non-hydrogen) atoms. The van der Waals surface area contributed by atoms with Gasteiger partial charge >= 0.3 is 0 Å². The van der Waals surface area contributed by atoms with Gasteiger partial charge in [-0.05, 0) is 40.2 Å². The standard InChI is InChI=1S/C17H15Br2N3O4/c18-11-1-3-15(14(19)9-11)20-17(23)13-10-12(22(24)25)2-4-16(13)21-5-7-26-8-6-21/h1-4,9-10H,5-8H2,(H,20,23). The molecule has 136 valence electrons. The highest BCUT2D eigenvalue weighted by Crippen LogP contribution is 2.30. The maximum absolute atomic E-state index is 12.9. The van der Waals surface area contributed by atoms with Crippen molar-refractivity contribution in [2.24, 2.45) is 0 Å². The summed E-state index contributed by atoms with van der Waals surface area (Å²) in [5, 5.41) is 14.0. The molecule has 0 radical (unpaired) electrons. The highest BCUT2D eigenvalue weighted by Gasteiger charge is 2.22. The van der Waals surface area contributed by atoms with Crippen molar-refractivity contribution in [3.05, 3.63) is 61.0 Å². The first-order valence-corrected chi connectivity index (χ1v) is 9.42. The Kier molecular flexibility index (Phi) is 5.90. The van der Waals surface area contributed by atoms with E-state index in [4.69, 9.17) is 4.74 Å². The Morgan fingerprint density at radius 3 is 2.54 bits per heavy atom. The number of halogens is 2. The van der Waals surface area contributed by atoms with Gasteiger partial charge in [-0.2, -0.15) is 0 Å². The Hall–Kier alpha value is -1.97. The van der Waals surface area contributed by atoms with Crippen LogP contribution in [0.15, 0.2) is 45.3 Å². The minimum Gasteiger partial charge on any atom is -0.378 e. The SMILES string of the molecule is O=C(Nc1ccc(Br)cc1Br)c1cc([N+](=O)[O-])ccc1N1CCOCC1. The van der Waals surface area contributed by atoms with Crippen molar-refractivity contribution in [3.63, 3.8) is 0 Å². The van der Waals surface area contributed by atoms with Crippen molar-refractivity contribution >= 4 is 54.8 Å². The van der Waals surface area contributed by atoms with Gasteiger partial charge in [0, 0.05) is 34.2 Å². The van der Waals surface area contributed by atoms with Crippen LogP contribution in [-0.2, 0) is 4.74 Å². The van der Waals surface area contributed by atoms with Crippen LogP contribution in [0.5, 0.6) is 0 Å². The number of nitrogens with zero attached hydrogens (tertiary/aromatic N) is 2. The summed E-state index contributed by atoms with van der Waals surface area (Å²) in [4.78, 5) is 25.5. The van der Waals surface area contributed by atoms with E-state index in [0.717, 1.165) is 4.47 Å². The molecule has 0 bridgehead atoms.